The average molecular weight is 422 g/mol. The lowest BCUT2D eigenvalue weighted by Gasteiger charge is -2.09. The van der Waals surface area contributed by atoms with Gasteiger partial charge in [0, 0.05) is 12.7 Å². The topological polar surface area (TPSA) is 57.5 Å². The largest absolute Gasteiger partial charge is 0.479 e. The van der Waals surface area contributed by atoms with E-state index in [9.17, 15) is 14.3 Å². The molecule has 6 heteroatoms. The van der Waals surface area contributed by atoms with Crippen molar-refractivity contribution in [3.63, 3.8) is 0 Å². The van der Waals surface area contributed by atoms with Crippen LogP contribution >= 0.6 is 45.2 Å². The minimum absolute atomic E-state index is 0.212. The Kier molecular flexibility index (Phi) is 4.07. The van der Waals surface area contributed by atoms with Crippen molar-refractivity contribution >= 4 is 51.2 Å². The van der Waals surface area contributed by atoms with Gasteiger partial charge in [-0.1, -0.05) is 0 Å². The number of aliphatic carboxylic acids is 1. The molecule has 1 unspecified atom stereocenters. The highest BCUT2D eigenvalue weighted by Crippen LogP contribution is 2.24. The van der Waals surface area contributed by atoms with Gasteiger partial charge in [-0.05, 0) is 57.3 Å². The lowest BCUT2D eigenvalue weighted by Crippen LogP contribution is -2.12. The molecule has 1 aromatic rings. The van der Waals surface area contributed by atoms with Crippen molar-refractivity contribution in [1.29, 1.82) is 0 Å². The van der Waals surface area contributed by atoms with Crippen LogP contribution in [0.3, 0.4) is 0 Å². The Balaban J connectivity index is 3.22. The molecule has 76 valence electrons. The highest BCUT2D eigenvalue weighted by Gasteiger charge is 2.20. The Morgan fingerprint density at radius 1 is 1.36 bits per heavy atom. The summed E-state index contributed by atoms with van der Waals surface area (Å²) in [4.78, 5) is 10.5. The van der Waals surface area contributed by atoms with Crippen molar-refractivity contribution in [1.82, 2.24) is 0 Å². The monoisotopic (exact) mass is 422 g/mol. The summed E-state index contributed by atoms with van der Waals surface area (Å²) in [6.07, 6.45) is -1.60. The molecule has 0 saturated heterocycles. The summed E-state index contributed by atoms with van der Waals surface area (Å²) in [5.41, 5.74) is 0.212. The molecule has 0 aliphatic carbocycles. The van der Waals surface area contributed by atoms with Gasteiger partial charge in [-0.3, -0.25) is 0 Å². The maximum Gasteiger partial charge on any atom is 0.337 e. The Hall–Kier alpha value is 0.0400. The first-order chi connectivity index (χ1) is 6.43. The Labute approximate surface area is 107 Å². The van der Waals surface area contributed by atoms with E-state index in [0.29, 0.717) is 7.14 Å². The molecule has 1 aromatic carbocycles. The zero-order valence-corrected chi connectivity index (χ0v) is 11.0. The van der Waals surface area contributed by atoms with Gasteiger partial charge in [0.15, 0.2) is 6.10 Å². The Bertz CT molecular complexity index is 381. The number of benzene rings is 1. The fraction of sp³-hybridized carbons (Fsp3) is 0.125. The molecule has 2 N–H and O–H groups in total. The predicted molar refractivity (Wildman–Crippen MR) is 64.4 cm³/mol. The van der Waals surface area contributed by atoms with Gasteiger partial charge in [0.05, 0.1) is 0 Å². The third kappa shape index (κ3) is 2.54. The summed E-state index contributed by atoms with van der Waals surface area (Å²) in [7, 11) is 0. The normalized spacial score (nSPS) is 12.6. The highest BCUT2D eigenvalue weighted by atomic mass is 127. The van der Waals surface area contributed by atoms with Gasteiger partial charge in [0.1, 0.15) is 5.82 Å². The van der Waals surface area contributed by atoms with E-state index in [1.807, 2.05) is 0 Å². The van der Waals surface area contributed by atoms with Gasteiger partial charge in [-0.2, -0.15) is 0 Å². The van der Waals surface area contributed by atoms with Crippen LogP contribution in [-0.4, -0.2) is 16.2 Å². The number of carbonyl (C=O) groups is 1. The third-order valence-corrected chi connectivity index (χ3v) is 3.33. The first-order valence-corrected chi connectivity index (χ1v) is 5.64. The second-order valence-electron chi connectivity index (χ2n) is 2.53. The lowest BCUT2D eigenvalue weighted by molar-refractivity contribution is -0.147. The number of aliphatic hydroxyl groups excluding tert-OH is 1. The Morgan fingerprint density at radius 3 is 2.43 bits per heavy atom. The van der Waals surface area contributed by atoms with Crippen molar-refractivity contribution in [2.75, 3.05) is 0 Å². The number of halogens is 3. The molecule has 0 spiro atoms. The van der Waals surface area contributed by atoms with Crippen molar-refractivity contribution in [3.8, 4) is 0 Å². The molecule has 0 fully saturated rings. The van der Waals surface area contributed by atoms with E-state index in [1.165, 1.54) is 12.1 Å². The molecule has 0 heterocycles. The second kappa shape index (κ2) is 4.71. The van der Waals surface area contributed by atoms with Gasteiger partial charge >= 0.3 is 5.97 Å². The highest BCUT2D eigenvalue weighted by molar-refractivity contribution is 14.1. The summed E-state index contributed by atoms with van der Waals surface area (Å²) in [5, 5.41) is 17.8. The molecule has 14 heavy (non-hydrogen) atoms. The number of rotatable bonds is 2. The third-order valence-electron chi connectivity index (χ3n) is 1.57. The zero-order chi connectivity index (χ0) is 10.9. The van der Waals surface area contributed by atoms with E-state index < -0.39 is 17.9 Å². The second-order valence-corrected chi connectivity index (χ2v) is 4.85. The van der Waals surface area contributed by atoms with Crippen LogP contribution in [0.4, 0.5) is 4.39 Å². The van der Waals surface area contributed by atoms with Gasteiger partial charge in [-0.15, -0.1) is 0 Å². The molecule has 0 bridgehead atoms. The van der Waals surface area contributed by atoms with E-state index in [2.05, 4.69) is 0 Å². The van der Waals surface area contributed by atoms with Crippen molar-refractivity contribution < 1.29 is 19.4 Å². The van der Waals surface area contributed by atoms with E-state index in [1.54, 1.807) is 45.2 Å². The van der Waals surface area contributed by atoms with Gasteiger partial charge in [0.25, 0.3) is 0 Å². The summed E-state index contributed by atoms with van der Waals surface area (Å²) in [5.74, 6) is -1.76. The maximum atomic E-state index is 13.0. The molecule has 0 amide bonds. The molecule has 0 aromatic heterocycles. The zero-order valence-electron chi connectivity index (χ0n) is 6.67. The van der Waals surface area contributed by atoms with Gasteiger partial charge < -0.3 is 10.2 Å². The van der Waals surface area contributed by atoms with Crippen LogP contribution in [0.5, 0.6) is 0 Å². The number of hydrogen-bond donors (Lipinski definition) is 2. The van der Waals surface area contributed by atoms with Gasteiger partial charge in [0.2, 0.25) is 0 Å². The van der Waals surface area contributed by atoms with Crippen LogP contribution in [0.25, 0.3) is 0 Å². The van der Waals surface area contributed by atoms with E-state index in [0.717, 1.165) is 0 Å². The fourth-order valence-electron chi connectivity index (χ4n) is 0.881. The number of carboxylic acid groups (broad SMARTS) is 1. The van der Waals surface area contributed by atoms with Crippen LogP contribution in [-0.2, 0) is 4.79 Å². The van der Waals surface area contributed by atoms with Crippen LogP contribution in [0.1, 0.15) is 11.7 Å². The molecule has 3 nitrogen and oxygen atoms in total. The molecular formula is C8H5FI2O3. The Morgan fingerprint density at radius 2 is 1.93 bits per heavy atom. The first kappa shape index (κ1) is 12.1. The number of hydrogen-bond acceptors (Lipinski definition) is 2. The molecule has 0 radical (unpaired) electrons. The van der Waals surface area contributed by atoms with Crippen LogP contribution in [0.15, 0.2) is 12.1 Å². The SMILES string of the molecule is O=C(O)C(O)c1cc(I)c(F)cc1I. The van der Waals surface area contributed by atoms with Crippen molar-refractivity contribution in [2.24, 2.45) is 0 Å². The summed E-state index contributed by atoms with van der Waals surface area (Å²) in [6, 6.07) is 2.53. The standard InChI is InChI=1S/C8H5FI2O3/c9-4-2-5(10)3(1-6(4)11)7(12)8(13)14/h1-2,7,12H,(H,13,14). The van der Waals surface area contributed by atoms with Crippen LogP contribution < -0.4 is 0 Å². The molecule has 0 saturated carbocycles. The quantitative estimate of drug-likeness (QED) is 0.568. The fourth-order valence-corrected chi connectivity index (χ4v) is 2.10. The summed E-state index contributed by atoms with van der Waals surface area (Å²) >= 11 is 3.53. The lowest BCUT2D eigenvalue weighted by atomic mass is 10.1. The predicted octanol–water partition coefficient (Wildman–Crippen LogP) is 2.15. The van der Waals surface area contributed by atoms with Crippen molar-refractivity contribution in [2.45, 2.75) is 6.10 Å². The van der Waals surface area contributed by atoms with Crippen molar-refractivity contribution in [3.05, 3.63) is 30.7 Å². The minimum Gasteiger partial charge on any atom is -0.479 e. The molecule has 1 rings (SSSR count). The minimum atomic E-state index is -1.60. The van der Waals surface area contributed by atoms with E-state index >= 15 is 0 Å². The molecule has 1 atom stereocenters. The summed E-state index contributed by atoms with van der Waals surface area (Å²) in [6.45, 7) is 0. The molecular weight excluding hydrogens is 417 g/mol. The van der Waals surface area contributed by atoms with E-state index in [-0.39, 0.29) is 5.56 Å². The maximum absolute atomic E-state index is 13.0. The van der Waals surface area contributed by atoms with Crippen LogP contribution in [0.2, 0.25) is 0 Å². The average Bonchev–Trinajstić information content (AvgIpc) is 2.10. The van der Waals surface area contributed by atoms with Crippen LogP contribution in [0, 0.1) is 13.0 Å². The first-order valence-electron chi connectivity index (χ1n) is 3.48. The van der Waals surface area contributed by atoms with Gasteiger partial charge in [-0.25, -0.2) is 9.18 Å². The van der Waals surface area contributed by atoms with E-state index in [4.69, 9.17) is 5.11 Å². The summed E-state index contributed by atoms with van der Waals surface area (Å²) < 4.78 is 13.7. The molecule has 0 aliphatic heterocycles. The smallest absolute Gasteiger partial charge is 0.337 e. The number of carboxylic acids is 1. The number of aliphatic hydroxyl groups is 1. The molecule has 0 aliphatic rings.